The molecular weight excluding hydrogens is 345 g/mol. The van der Waals surface area contributed by atoms with Gasteiger partial charge in [-0.2, -0.15) is 5.10 Å². The van der Waals surface area contributed by atoms with Crippen molar-refractivity contribution >= 4 is 16.9 Å². The molecule has 27 heavy (non-hydrogen) atoms. The molecule has 1 fully saturated rings. The van der Waals surface area contributed by atoms with E-state index in [1.807, 2.05) is 6.07 Å². The summed E-state index contributed by atoms with van der Waals surface area (Å²) < 4.78 is 14.5. The lowest BCUT2D eigenvalue weighted by Crippen LogP contribution is -2.44. The molecule has 1 aliphatic rings. The van der Waals surface area contributed by atoms with Crippen molar-refractivity contribution in [3.05, 3.63) is 36.3 Å². The highest BCUT2D eigenvalue weighted by Gasteiger charge is 2.29. The standard InChI is InChI=1S/C20H24FN5O.4H2/c1-12(2)10-13-11-26(9-7-16(13)27)17-6-5-15(21)19(23-17)18-14-4-3-8-22-20(14)25-24-18;;;;/h3-6,8,12-13,16,27H,7,9-11H2,1-2H3,(H,22,24,25);4*1H/t13-,16-;;;;/m1..../s1. The van der Waals surface area contributed by atoms with E-state index in [9.17, 15) is 9.50 Å². The largest absolute Gasteiger partial charge is 0.393 e. The fourth-order valence-corrected chi connectivity index (χ4v) is 3.88. The van der Waals surface area contributed by atoms with Crippen molar-refractivity contribution < 1.29 is 15.2 Å². The number of piperidine rings is 1. The fourth-order valence-electron chi connectivity index (χ4n) is 3.88. The third-order valence-electron chi connectivity index (χ3n) is 5.19. The average Bonchev–Trinajstić information content (AvgIpc) is 3.08. The van der Waals surface area contributed by atoms with Crippen molar-refractivity contribution in [2.75, 3.05) is 18.0 Å². The molecule has 2 N–H and O–H groups in total. The summed E-state index contributed by atoms with van der Waals surface area (Å²) in [6, 6.07) is 6.81. The molecule has 2 atom stereocenters. The number of nitrogens with one attached hydrogen (secondary N) is 1. The third kappa shape index (κ3) is 3.51. The first-order valence-electron chi connectivity index (χ1n) is 9.42. The molecule has 0 unspecified atom stereocenters. The topological polar surface area (TPSA) is 77.9 Å². The van der Waals surface area contributed by atoms with Crippen LogP contribution in [0.1, 0.15) is 32.4 Å². The van der Waals surface area contributed by atoms with E-state index in [-0.39, 0.29) is 23.4 Å². The van der Waals surface area contributed by atoms with Gasteiger partial charge in [-0.1, -0.05) is 13.8 Å². The van der Waals surface area contributed by atoms with Crippen LogP contribution in [0.5, 0.6) is 0 Å². The minimum Gasteiger partial charge on any atom is -0.393 e. The SMILES string of the molecule is CC(C)C[C@@H]1CN(c2ccc(F)c(-c3[nH]nc4ncccc34)n2)CC[C@H]1O.[HH].[HH].[HH].[HH]. The minimum absolute atomic E-state index is 0. The third-order valence-corrected chi connectivity index (χ3v) is 5.19. The molecule has 0 aliphatic carbocycles. The van der Waals surface area contributed by atoms with E-state index in [1.54, 1.807) is 18.3 Å². The summed E-state index contributed by atoms with van der Waals surface area (Å²) in [7, 11) is 0. The van der Waals surface area contributed by atoms with E-state index >= 15 is 0 Å². The highest BCUT2D eigenvalue weighted by atomic mass is 19.1. The van der Waals surface area contributed by atoms with E-state index in [2.05, 4.69) is 38.9 Å². The lowest BCUT2D eigenvalue weighted by atomic mass is 9.87. The summed E-state index contributed by atoms with van der Waals surface area (Å²) in [5.41, 5.74) is 1.32. The molecule has 0 amide bonds. The number of H-pyrrole nitrogens is 1. The van der Waals surface area contributed by atoms with Gasteiger partial charge in [0.1, 0.15) is 11.5 Å². The summed E-state index contributed by atoms with van der Waals surface area (Å²) in [6.45, 7) is 5.76. The van der Waals surface area contributed by atoms with E-state index in [0.29, 0.717) is 30.2 Å². The summed E-state index contributed by atoms with van der Waals surface area (Å²) in [5.74, 6) is 1.04. The van der Waals surface area contributed by atoms with Crippen LogP contribution in [0.4, 0.5) is 10.2 Å². The van der Waals surface area contributed by atoms with Gasteiger partial charge in [0.05, 0.1) is 11.8 Å². The van der Waals surface area contributed by atoms with Gasteiger partial charge in [0.25, 0.3) is 0 Å². The number of aromatic amines is 1. The number of aliphatic hydroxyl groups excluding tert-OH is 1. The van der Waals surface area contributed by atoms with Crippen LogP contribution in [0.2, 0.25) is 0 Å². The van der Waals surface area contributed by atoms with Gasteiger partial charge in [-0.25, -0.2) is 14.4 Å². The van der Waals surface area contributed by atoms with Crippen molar-refractivity contribution in [3.63, 3.8) is 0 Å². The van der Waals surface area contributed by atoms with Crippen LogP contribution in [0.3, 0.4) is 0 Å². The number of aromatic nitrogens is 4. The van der Waals surface area contributed by atoms with Crippen LogP contribution in [0, 0.1) is 17.7 Å². The van der Waals surface area contributed by atoms with Crippen LogP contribution in [-0.2, 0) is 0 Å². The van der Waals surface area contributed by atoms with E-state index < -0.39 is 5.82 Å². The van der Waals surface area contributed by atoms with Crippen LogP contribution in [-0.4, -0.2) is 44.5 Å². The maximum absolute atomic E-state index is 14.5. The first-order chi connectivity index (χ1) is 13.0. The Balaban J connectivity index is 0.00000225. The number of fused-ring (bicyclic) bond motifs is 1. The molecule has 0 aromatic carbocycles. The highest BCUT2D eigenvalue weighted by molar-refractivity contribution is 5.89. The normalized spacial score (nSPS) is 20.6. The number of aliphatic hydroxyl groups is 1. The minimum atomic E-state index is -0.399. The lowest BCUT2D eigenvalue weighted by Gasteiger charge is -2.37. The average molecular weight is 378 g/mol. The number of pyridine rings is 2. The second-order valence-electron chi connectivity index (χ2n) is 7.66. The van der Waals surface area contributed by atoms with Crippen molar-refractivity contribution in [2.45, 2.75) is 32.8 Å². The molecule has 0 saturated carbocycles. The van der Waals surface area contributed by atoms with E-state index in [0.717, 1.165) is 24.2 Å². The molecule has 1 aliphatic heterocycles. The molecule has 150 valence electrons. The molecule has 3 aromatic rings. The van der Waals surface area contributed by atoms with Gasteiger partial charge in [0, 0.05) is 36.3 Å². The van der Waals surface area contributed by atoms with Gasteiger partial charge in [-0.15, -0.1) is 0 Å². The summed E-state index contributed by atoms with van der Waals surface area (Å²) in [6.07, 6.45) is 3.03. The molecule has 4 rings (SSSR count). The Labute approximate surface area is 163 Å². The predicted octanol–water partition coefficient (Wildman–Crippen LogP) is 4.38. The molecule has 4 heterocycles. The zero-order valence-corrected chi connectivity index (χ0v) is 15.6. The van der Waals surface area contributed by atoms with Gasteiger partial charge >= 0.3 is 0 Å². The Morgan fingerprint density at radius 1 is 1.37 bits per heavy atom. The first kappa shape index (κ1) is 17.9. The Morgan fingerprint density at radius 3 is 3.04 bits per heavy atom. The number of halogens is 1. The molecule has 7 heteroatoms. The number of rotatable bonds is 4. The van der Waals surface area contributed by atoms with Gasteiger partial charge in [-0.05, 0) is 43.0 Å². The number of anilines is 1. The summed E-state index contributed by atoms with van der Waals surface area (Å²) in [4.78, 5) is 10.9. The number of nitrogens with zero attached hydrogens (tertiary/aromatic N) is 4. The highest BCUT2D eigenvalue weighted by Crippen LogP contribution is 2.30. The molecule has 0 radical (unpaired) electrons. The quantitative estimate of drug-likeness (QED) is 0.706. The molecule has 1 saturated heterocycles. The van der Waals surface area contributed by atoms with Gasteiger partial charge in [0.2, 0.25) is 0 Å². The number of hydrogen-bond acceptors (Lipinski definition) is 5. The van der Waals surface area contributed by atoms with E-state index in [4.69, 9.17) is 0 Å². The van der Waals surface area contributed by atoms with Crippen LogP contribution < -0.4 is 4.90 Å². The second kappa shape index (κ2) is 7.23. The van der Waals surface area contributed by atoms with Crippen molar-refractivity contribution in [3.8, 4) is 11.4 Å². The summed E-state index contributed by atoms with van der Waals surface area (Å²) >= 11 is 0. The van der Waals surface area contributed by atoms with Crippen LogP contribution in [0.25, 0.3) is 22.4 Å². The van der Waals surface area contributed by atoms with Crippen LogP contribution >= 0.6 is 0 Å². The number of hydrogen-bond donors (Lipinski definition) is 2. The molecular formula is C20H32FN5O. The Hall–Kier alpha value is -2.54. The van der Waals surface area contributed by atoms with Gasteiger partial charge < -0.3 is 10.0 Å². The summed E-state index contributed by atoms with van der Waals surface area (Å²) in [5, 5.41) is 18.1. The maximum Gasteiger partial charge on any atom is 0.181 e. The van der Waals surface area contributed by atoms with Gasteiger partial charge in [-0.3, -0.25) is 5.10 Å². The Bertz CT molecular complexity index is 958. The fraction of sp³-hybridized carbons (Fsp3) is 0.450. The second-order valence-corrected chi connectivity index (χ2v) is 7.66. The van der Waals surface area contributed by atoms with Crippen LogP contribution in [0.15, 0.2) is 30.5 Å². The predicted molar refractivity (Wildman–Crippen MR) is 111 cm³/mol. The lowest BCUT2D eigenvalue weighted by molar-refractivity contribution is 0.0764. The zero-order valence-electron chi connectivity index (χ0n) is 15.6. The van der Waals surface area contributed by atoms with E-state index in [1.165, 1.54) is 6.07 Å². The van der Waals surface area contributed by atoms with Crippen molar-refractivity contribution in [2.24, 2.45) is 11.8 Å². The molecule has 6 nitrogen and oxygen atoms in total. The Kier molecular flexibility index (Phi) is 4.78. The van der Waals surface area contributed by atoms with Crippen molar-refractivity contribution in [1.29, 1.82) is 0 Å². The molecule has 0 bridgehead atoms. The van der Waals surface area contributed by atoms with Crippen molar-refractivity contribution in [1.82, 2.24) is 20.2 Å². The first-order valence-corrected chi connectivity index (χ1v) is 9.42. The zero-order chi connectivity index (χ0) is 19.0. The Morgan fingerprint density at radius 2 is 2.22 bits per heavy atom. The maximum atomic E-state index is 14.5. The molecule has 3 aromatic heterocycles. The molecule has 0 spiro atoms. The monoisotopic (exact) mass is 377 g/mol. The smallest absolute Gasteiger partial charge is 0.181 e. The van der Waals surface area contributed by atoms with Gasteiger partial charge in [0.15, 0.2) is 11.5 Å².